The highest BCUT2D eigenvalue weighted by molar-refractivity contribution is 9.10. The summed E-state index contributed by atoms with van der Waals surface area (Å²) in [6, 6.07) is 35.9. The van der Waals surface area contributed by atoms with Crippen molar-refractivity contribution in [1.29, 1.82) is 5.26 Å². The predicted octanol–water partition coefficient (Wildman–Crippen LogP) is 8.96. The third-order valence-electron chi connectivity index (χ3n) is 6.30. The number of anilines is 1. The van der Waals surface area contributed by atoms with E-state index in [1.165, 1.54) is 0 Å². The first-order chi connectivity index (χ1) is 20.0. The summed E-state index contributed by atoms with van der Waals surface area (Å²) in [6.45, 7) is 0.705. The molecule has 202 valence electrons. The fraction of sp³-hybridized carbons (Fsp3) is 0.0588. The maximum Gasteiger partial charge on any atom is 0.266 e. The molecule has 0 radical (unpaired) electrons. The highest BCUT2D eigenvalue weighted by Gasteiger charge is 2.14. The summed E-state index contributed by atoms with van der Waals surface area (Å²) in [6.07, 6.45) is 1.57. The summed E-state index contributed by atoms with van der Waals surface area (Å²) in [7, 11) is 0. The first-order valence-corrected chi connectivity index (χ1v) is 13.9. The van der Waals surface area contributed by atoms with E-state index in [1.54, 1.807) is 36.4 Å². The predicted molar refractivity (Wildman–Crippen MR) is 167 cm³/mol. The molecule has 0 aromatic heterocycles. The fourth-order valence-corrected chi connectivity index (χ4v) is 4.69. The van der Waals surface area contributed by atoms with E-state index >= 15 is 0 Å². The summed E-state index contributed by atoms with van der Waals surface area (Å²) in [5.41, 5.74) is 3.09. The molecule has 5 aromatic carbocycles. The van der Waals surface area contributed by atoms with E-state index in [0.29, 0.717) is 34.4 Å². The second-order valence-corrected chi connectivity index (χ2v) is 10.5. The van der Waals surface area contributed by atoms with Crippen molar-refractivity contribution in [3.05, 3.63) is 141 Å². The Labute approximate surface area is 251 Å². The average molecular weight is 624 g/mol. The fourth-order valence-electron chi connectivity index (χ4n) is 4.21. The lowest BCUT2D eigenvalue weighted by molar-refractivity contribution is -0.112. The minimum absolute atomic E-state index is 0.0514. The van der Waals surface area contributed by atoms with Gasteiger partial charge in [-0.3, -0.25) is 4.79 Å². The van der Waals surface area contributed by atoms with Gasteiger partial charge in [0.05, 0.1) is 0 Å². The number of nitrogens with zero attached hydrogens (tertiary/aromatic N) is 1. The third kappa shape index (κ3) is 7.34. The summed E-state index contributed by atoms with van der Waals surface area (Å²) >= 11 is 9.55. The Hall–Kier alpha value is -4.57. The maximum absolute atomic E-state index is 13.1. The average Bonchev–Trinajstić information content (AvgIpc) is 2.99. The minimum Gasteiger partial charge on any atom is -0.489 e. The second-order valence-electron chi connectivity index (χ2n) is 9.18. The molecule has 1 amide bonds. The third-order valence-corrected chi connectivity index (χ3v) is 7.06. The molecule has 7 heteroatoms. The van der Waals surface area contributed by atoms with Gasteiger partial charge in [-0.2, -0.15) is 5.26 Å². The molecule has 0 atom stereocenters. The van der Waals surface area contributed by atoms with Crippen molar-refractivity contribution in [2.24, 2.45) is 0 Å². The van der Waals surface area contributed by atoms with Crippen molar-refractivity contribution in [1.82, 2.24) is 0 Å². The molecule has 0 saturated carbocycles. The molecule has 0 bridgehead atoms. The lowest BCUT2D eigenvalue weighted by Crippen LogP contribution is -2.13. The van der Waals surface area contributed by atoms with Gasteiger partial charge in [-0.15, -0.1) is 0 Å². The summed E-state index contributed by atoms with van der Waals surface area (Å²) in [4.78, 5) is 13.1. The van der Waals surface area contributed by atoms with Crippen LogP contribution in [0, 0.1) is 11.3 Å². The molecule has 0 spiro atoms. The molecule has 0 fully saturated rings. The van der Waals surface area contributed by atoms with Gasteiger partial charge in [-0.25, -0.2) is 0 Å². The second kappa shape index (κ2) is 13.2. The van der Waals surface area contributed by atoms with Gasteiger partial charge in [0.25, 0.3) is 5.91 Å². The number of halogens is 2. The summed E-state index contributed by atoms with van der Waals surface area (Å²) in [5, 5.41) is 15.2. The molecule has 0 aliphatic rings. The van der Waals surface area contributed by atoms with E-state index in [0.717, 1.165) is 26.4 Å². The Kier molecular flexibility index (Phi) is 9.00. The molecule has 5 aromatic rings. The number of nitrogens with one attached hydrogen (secondary N) is 1. The number of ether oxygens (including phenoxy) is 2. The van der Waals surface area contributed by atoms with Crippen LogP contribution < -0.4 is 14.8 Å². The van der Waals surface area contributed by atoms with Gasteiger partial charge in [0, 0.05) is 20.7 Å². The van der Waals surface area contributed by atoms with Crippen molar-refractivity contribution in [3.8, 4) is 17.6 Å². The van der Waals surface area contributed by atoms with Gasteiger partial charge in [-0.1, -0.05) is 82.1 Å². The maximum atomic E-state index is 13.1. The van der Waals surface area contributed by atoms with Crippen molar-refractivity contribution in [2.75, 3.05) is 5.32 Å². The van der Waals surface area contributed by atoms with E-state index in [9.17, 15) is 10.1 Å². The normalized spacial score (nSPS) is 11.1. The van der Waals surface area contributed by atoms with Gasteiger partial charge in [0.2, 0.25) is 0 Å². The number of rotatable bonds is 9. The lowest BCUT2D eigenvalue weighted by Gasteiger charge is -2.13. The smallest absolute Gasteiger partial charge is 0.266 e. The summed E-state index contributed by atoms with van der Waals surface area (Å²) in [5.74, 6) is 0.695. The molecule has 5 nitrogen and oxygen atoms in total. The number of carbonyl (C=O) groups is 1. The lowest BCUT2D eigenvalue weighted by atomic mass is 10.0. The quantitative estimate of drug-likeness (QED) is 0.131. The van der Waals surface area contributed by atoms with Crippen molar-refractivity contribution in [3.63, 3.8) is 0 Å². The molecule has 0 heterocycles. The number of hydrogen-bond acceptors (Lipinski definition) is 4. The number of amides is 1. The monoisotopic (exact) mass is 622 g/mol. The van der Waals surface area contributed by atoms with Crippen molar-refractivity contribution < 1.29 is 14.3 Å². The van der Waals surface area contributed by atoms with E-state index in [4.69, 9.17) is 21.1 Å². The zero-order chi connectivity index (χ0) is 28.6. The minimum atomic E-state index is -0.523. The Balaban J connectivity index is 1.33. The van der Waals surface area contributed by atoms with Gasteiger partial charge in [-0.05, 0) is 82.6 Å². The van der Waals surface area contributed by atoms with Gasteiger partial charge in [0.15, 0.2) is 0 Å². The Morgan fingerprint density at radius 3 is 2.37 bits per heavy atom. The van der Waals surface area contributed by atoms with Crippen LogP contribution in [0.4, 0.5) is 5.69 Å². The topological polar surface area (TPSA) is 71.3 Å². The first kappa shape index (κ1) is 28.0. The van der Waals surface area contributed by atoms with Crippen LogP contribution in [0.2, 0.25) is 5.02 Å². The van der Waals surface area contributed by atoms with Gasteiger partial charge >= 0.3 is 0 Å². The molecule has 1 N–H and O–H groups in total. The number of nitriles is 1. The molecule has 0 unspecified atom stereocenters. The molecule has 0 aliphatic carbocycles. The van der Waals surface area contributed by atoms with Crippen LogP contribution in [0.5, 0.6) is 11.5 Å². The van der Waals surface area contributed by atoms with Crippen molar-refractivity contribution >= 4 is 56.0 Å². The Bertz CT molecular complexity index is 1760. The van der Waals surface area contributed by atoms with Crippen LogP contribution in [-0.2, 0) is 18.0 Å². The van der Waals surface area contributed by atoms with E-state index in [1.807, 2.05) is 84.9 Å². The number of fused-ring (bicyclic) bond motifs is 1. The zero-order valence-electron chi connectivity index (χ0n) is 21.8. The highest BCUT2D eigenvalue weighted by atomic mass is 79.9. The molecule has 0 saturated heterocycles. The molecule has 0 aliphatic heterocycles. The zero-order valence-corrected chi connectivity index (χ0v) is 24.2. The standard InChI is InChI=1S/C34H24BrClN2O3/c35-27-11-8-23(9-12-27)21-40-30-15-13-29(14-16-30)38-34(39)26(20-37)19-32-31-7-2-1-5-25(31)10-17-33(32)41-22-24-4-3-6-28(36)18-24/h1-19H,21-22H2,(H,38,39)/b26-19+. The van der Waals surface area contributed by atoms with Crippen molar-refractivity contribution in [2.45, 2.75) is 13.2 Å². The van der Waals surface area contributed by atoms with E-state index in [-0.39, 0.29) is 12.2 Å². The van der Waals surface area contributed by atoms with Crippen LogP contribution in [0.1, 0.15) is 16.7 Å². The Morgan fingerprint density at radius 1 is 0.854 bits per heavy atom. The first-order valence-electron chi connectivity index (χ1n) is 12.8. The van der Waals surface area contributed by atoms with E-state index in [2.05, 4.69) is 21.2 Å². The van der Waals surface area contributed by atoms with Crippen LogP contribution in [0.25, 0.3) is 16.8 Å². The number of hydrogen-bond donors (Lipinski definition) is 1. The van der Waals surface area contributed by atoms with Gasteiger partial charge in [0.1, 0.15) is 36.4 Å². The van der Waals surface area contributed by atoms with Crippen LogP contribution in [0.15, 0.2) is 119 Å². The highest BCUT2D eigenvalue weighted by Crippen LogP contribution is 2.31. The van der Waals surface area contributed by atoms with Crippen LogP contribution >= 0.6 is 27.5 Å². The van der Waals surface area contributed by atoms with Gasteiger partial charge < -0.3 is 14.8 Å². The molecular formula is C34H24BrClN2O3. The van der Waals surface area contributed by atoms with E-state index < -0.39 is 5.91 Å². The van der Waals surface area contributed by atoms with Crippen LogP contribution in [0.3, 0.4) is 0 Å². The molecule has 5 rings (SSSR count). The number of benzene rings is 5. The molecule has 41 heavy (non-hydrogen) atoms. The largest absolute Gasteiger partial charge is 0.489 e. The number of carbonyl (C=O) groups excluding carboxylic acids is 1. The molecular weight excluding hydrogens is 600 g/mol. The van der Waals surface area contributed by atoms with Crippen LogP contribution in [-0.4, -0.2) is 5.91 Å². The SMILES string of the molecule is N#C/C(=C\c1c(OCc2cccc(Cl)c2)ccc2ccccc12)C(=O)Nc1ccc(OCc2ccc(Br)cc2)cc1. The Morgan fingerprint density at radius 2 is 1.61 bits per heavy atom. The summed E-state index contributed by atoms with van der Waals surface area (Å²) < 4.78 is 13.0.